The molecule has 0 radical (unpaired) electrons. The first-order chi connectivity index (χ1) is 8.40. The Hall–Kier alpha value is -1.15. The summed E-state index contributed by atoms with van der Waals surface area (Å²) in [5.74, 6) is 0.371. The molecule has 100 valence electrons. The van der Waals surface area contributed by atoms with Crippen molar-refractivity contribution >= 4 is 5.78 Å². The molecule has 0 aromatic heterocycles. The van der Waals surface area contributed by atoms with Crippen molar-refractivity contribution in [1.29, 1.82) is 0 Å². The molecule has 0 spiro atoms. The Kier molecular flexibility index (Phi) is 5.54. The maximum absolute atomic E-state index is 12.2. The first-order valence-electron chi connectivity index (χ1n) is 6.75. The van der Waals surface area contributed by atoms with E-state index in [4.69, 9.17) is 0 Å². The zero-order chi connectivity index (χ0) is 13.7. The van der Waals surface area contributed by atoms with Crippen LogP contribution in [0.5, 0.6) is 0 Å². The molecule has 1 aromatic rings. The quantitative estimate of drug-likeness (QED) is 0.836. The lowest BCUT2D eigenvalue weighted by molar-refractivity contribution is -0.124. The van der Waals surface area contributed by atoms with Crippen LogP contribution in [0.25, 0.3) is 0 Å². The fraction of sp³-hybridized carbons (Fsp3) is 0.562. The fourth-order valence-corrected chi connectivity index (χ4v) is 2.01. The number of nitrogens with one attached hydrogen (secondary N) is 1. The summed E-state index contributed by atoms with van der Waals surface area (Å²) < 4.78 is 0. The highest BCUT2D eigenvalue weighted by atomic mass is 16.1. The molecule has 0 aliphatic rings. The van der Waals surface area contributed by atoms with E-state index < -0.39 is 0 Å². The Morgan fingerprint density at radius 1 is 1.11 bits per heavy atom. The summed E-state index contributed by atoms with van der Waals surface area (Å²) in [4.78, 5) is 12.2. The molecule has 2 nitrogen and oxygen atoms in total. The number of carbonyl (C=O) groups is 1. The molecular weight excluding hydrogens is 222 g/mol. The Morgan fingerprint density at radius 2 is 1.67 bits per heavy atom. The SMILES string of the molecule is Cc1ccc(CC(NC(C)C)C(=O)C(C)C)cc1. The molecule has 18 heavy (non-hydrogen) atoms. The number of carbonyl (C=O) groups excluding carboxylic acids is 1. The van der Waals surface area contributed by atoms with Crippen molar-refractivity contribution in [3.05, 3.63) is 35.4 Å². The Balaban J connectivity index is 2.77. The zero-order valence-electron chi connectivity index (χ0n) is 12.2. The van der Waals surface area contributed by atoms with Crippen LogP contribution >= 0.6 is 0 Å². The highest BCUT2D eigenvalue weighted by Crippen LogP contribution is 2.10. The average molecular weight is 247 g/mol. The van der Waals surface area contributed by atoms with Crippen LogP contribution in [0.4, 0.5) is 0 Å². The van der Waals surface area contributed by atoms with E-state index >= 15 is 0 Å². The number of rotatable bonds is 6. The van der Waals surface area contributed by atoms with Crippen LogP contribution in [0.1, 0.15) is 38.8 Å². The molecule has 0 fully saturated rings. The van der Waals surface area contributed by atoms with Gasteiger partial charge in [0.25, 0.3) is 0 Å². The van der Waals surface area contributed by atoms with Gasteiger partial charge in [0.1, 0.15) is 0 Å². The summed E-state index contributed by atoms with van der Waals surface area (Å²) >= 11 is 0. The van der Waals surface area contributed by atoms with E-state index in [1.165, 1.54) is 11.1 Å². The smallest absolute Gasteiger partial charge is 0.152 e. The number of Topliss-reactive ketones (excluding diaryl/α,β-unsaturated/α-hetero) is 1. The summed E-state index contributed by atoms with van der Waals surface area (Å²) in [6, 6.07) is 8.66. The number of ketones is 1. The van der Waals surface area contributed by atoms with Crippen LogP contribution in [-0.2, 0) is 11.2 Å². The second-order valence-corrected chi connectivity index (χ2v) is 5.62. The maximum Gasteiger partial charge on any atom is 0.152 e. The topological polar surface area (TPSA) is 29.1 Å². The van der Waals surface area contributed by atoms with Gasteiger partial charge in [0.05, 0.1) is 6.04 Å². The normalized spacial score (nSPS) is 13.1. The third-order valence-corrected chi connectivity index (χ3v) is 3.01. The van der Waals surface area contributed by atoms with Crippen LogP contribution in [0, 0.1) is 12.8 Å². The summed E-state index contributed by atoms with van der Waals surface area (Å²) in [6.07, 6.45) is 0.773. The van der Waals surface area contributed by atoms with Gasteiger partial charge in [0.15, 0.2) is 5.78 Å². The van der Waals surface area contributed by atoms with Crippen LogP contribution in [0.3, 0.4) is 0 Å². The molecular formula is C16H25NO. The van der Waals surface area contributed by atoms with Crippen molar-refractivity contribution in [2.24, 2.45) is 5.92 Å². The van der Waals surface area contributed by atoms with Gasteiger partial charge < -0.3 is 5.32 Å². The minimum Gasteiger partial charge on any atom is -0.305 e. The van der Waals surface area contributed by atoms with Crippen molar-refractivity contribution in [3.8, 4) is 0 Å². The molecule has 1 unspecified atom stereocenters. The third kappa shape index (κ3) is 4.61. The predicted molar refractivity (Wildman–Crippen MR) is 76.8 cm³/mol. The fourth-order valence-electron chi connectivity index (χ4n) is 2.01. The van der Waals surface area contributed by atoms with Crippen molar-refractivity contribution in [2.75, 3.05) is 0 Å². The van der Waals surface area contributed by atoms with Crippen LogP contribution in [0.15, 0.2) is 24.3 Å². The van der Waals surface area contributed by atoms with Gasteiger partial charge in [0.2, 0.25) is 0 Å². The standard InChI is InChI=1S/C16H25NO/c1-11(2)16(18)15(17-12(3)4)10-14-8-6-13(5)7-9-14/h6-9,11-12,15,17H,10H2,1-5H3. The molecule has 1 rings (SSSR count). The molecule has 0 aliphatic carbocycles. The van der Waals surface area contributed by atoms with Gasteiger partial charge in [-0.1, -0.05) is 57.5 Å². The molecule has 0 saturated heterocycles. The number of hydrogen-bond donors (Lipinski definition) is 1. The second-order valence-electron chi connectivity index (χ2n) is 5.62. The van der Waals surface area contributed by atoms with E-state index in [9.17, 15) is 4.79 Å². The van der Waals surface area contributed by atoms with E-state index in [2.05, 4.69) is 50.4 Å². The van der Waals surface area contributed by atoms with Gasteiger partial charge in [-0.05, 0) is 18.9 Å². The van der Waals surface area contributed by atoms with Crippen molar-refractivity contribution < 1.29 is 4.79 Å². The summed E-state index contributed by atoms with van der Waals surface area (Å²) in [5, 5.41) is 3.37. The van der Waals surface area contributed by atoms with Crippen LogP contribution in [0.2, 0.25) is 0 Å². The third-order valence-electron chi connectivity index (χ3n) is 3.01. The molecule has 0 aliphatic heterocycles. The number of hydrogen-bond acceptors (Lipinski definition) is 2. The van der Waals surface area contributed by atoms with Crippen molar-refractivity contribution in [1.82, 2.24) is 5.32 Å². The van der Waals surface area contributed by atoms with E-state index in [1.54, 1.807) is 0 Å². The monoisotopic (exact) mass is 247 g/mol. The summed E-state index contributed by atoms with van der Waals surface area (Å²) in [5.41, 5.74) is 2.47. The molecule has 1 N–H and O–H groups in total. The van der Waals surface area contributed by atoms with Gasteiger partial charge >= 0.3 is 0 Å². The molecule has 1 aromatic carbocycles. The van der Waals surface area contributed by atoms with Crippen molar-refractivity contribution in [2.45, 2.75) is 53.1 Å². The summed E-state index contributed by atoms with van der Waals surface area (Å²) in [7, 11) is 0. The van der Waals surface area contributed by atoms with E-state index in [-0.39, 0.29) is 12.0 Å². The van der Waals surface area contributed by atoms with Gasteiger partial charge in [-0.15, -0.1) is 0 Å². The van der Waals surface area contributed by atoms with Crippen LogP contribution < -0.4 is 5.32 Å². The Bertz CT molecular complexity index is 379. The maximum atomic E-state index is 12.2. The molecule has 2 heteroatoms. The second kappa shape index (κ2) is 6.69. The Morgan fingerprint density at radius 3 is 2.11 bits per heavy atom. The predicted octanol–water partition coefficient (Wildman–Crippen LogP) is 3.13. The van der Waals surface area contributed by atoms with Gasteiger partial charge in [-0.3, -0.25) is 4.79 Å². The minimum atomic E-state index is -0.0762. The lowest BCUT2D eigenvalue weighted by Gasteiger charge is -2.22. The highest BCUT2D eigenvalue weighted by Gasteiger charge is 2.21. The van der Waals surface area contributed by atoms with Crippen LogP contribution in [-0.4, -0.2) is 17.9 Å². The number of aryl methyl sites for hydroxylation is 1. The van der Waals surface area contributed by atoms with E-state index in [0.29, 0.717) is 11.8 Å². The van der Waals surface area contributed by atoms with E-state index in [0.717, 1.165) is 6.42 Å². The largest absolute Gasteiger partial charge is 0.305 e. The average Bonchev–Trinajstić information content (AvgIpc) is 2.29. The lowest BCUT2D eigenvalue weighted by atomic mass is 9.95. The first-order valence-corrected chi connectivity index (χ1v) is 6.75. The Labute approximate surface area is 111 Å². The molecule has 0 heterocycles. The molecule has 0 bridgehead atoms. The molecule has 1 atom stereocenters. The van der Waals surface area contributed by atoms with Crippen molar-refractivity contribution in [3.63, 3.8) is 0 Å². The minimum absolute atomic E-state index is 0.0756. The summed E-state index contributed by atoms with van der Waals surface area (Å²) in [6.45, 7) is 10.2. The highest BCUT2D eigenvalue weighted by molar-refractivity contribution is 5.86. The molecule has 0 amide bonds. The van der Waals surface area contributed by atoms with Gasteiger partial charge in [-0.25, -0.2) is 0 Å². The first kappa shape index (κ1) is 14.9. The van der Waals surface area contributed by atoms with Gasteiger partial charge in [-0.2, -0.15) is 0 Å². The number of benzene rings is 1. The van der Waals surface area contributed by atoms with E-state index in [1.807, 2.05) is 13.8 Å². The van der Waals surface area contributed by atoms with Gasteiger partial charge in [0, 0.05) is 12.0 Å². The zero-order valence-corrected chi connectivity index (χ0v) is 12.2. The molecule has 0 saturated carbocycles. The lowest BCUT2D eigenvalue weighted by Crippen LogP contribution is -2.44.